The number of halogens is 1. The van der Waals surface area contributed by atoms with Crippen LogP contribution in [0.1, 0.15) is 29.8 Å². The minimum absolute atomic E-state index is 0.0556. The highest BCUT2D eigenvalue weighted by atomic mass is 35.5. The Bertz CT molecular complexity index is 862. The maximum Gasteiger partial charge on any atom is 0.263 e. The Labute approximate surface area is 153 Å². The summed E-state index contributed by atoms with van der Waals surface area (Å²) in [5, 5.41) is 2.81. The van der Waals surface area contributed by atoms with Crippen LogP contribution in [0, 0.1) is 12.8 Å². The Morgan fingerprint density at radius 3 is 2.36 bits per heavy atom. The van der Waals surface area contributed by atoms with Gasteiger partial charge in [-0.05, 0) is 43.2 Å². The molecule has 0 heterocycles. The summed E-state index contributed by atoms with van der Waals surface area (Å²) in [4.78, 5) is 12.0. The van der Waals surface area contributed by atoms with Crippen LogP contribution >= 0.6 is 11.6 Å². The first-order chi connectivity index (χ1) is 11.7. The number of nitrogens with one attached hydrogen (secondary N) is 2. The number of carbonyl (C=O) groups is 1. The SMILES string of the molecule is Cc1ccc(NS(=O)(=O)c2cc(C(=O)NCC(C)C)ccc2Cl)cc1. The van der Waals surface area contributed by atoms with E-state index in [1.165, 1.54) is 18.2 Å². The van der Waals surface area contributed by atoms with Crippen LogP contribution in [-0.4, -0.2) is 20.9 Å². The molecule has 0 aromatic heterocycles. The number of amides is 1. The van der Waals surface area contributed by atoms with E-state index in [1.807, 2.05) is 20.8 Å². The van der Waals surface area contributed by atoms with Crippen molar-refractivity contribution in [2.45, 2.75) is 25.7 Å². The molecule has 0 aliphatic heterocycles. The molecule has 5 nitrogen and oxygen atoms in total. The fourth-order valence-electron chi connectivity index (χ4n) is 2.08. The monoisotopic (exact) mass is 380 g/mol. The lowest BCUT2D eigenvalue weighted by Gasteiger charge is -2.12. The summed E-state index contributed by atoms with van der Waals surface area (Å²) in [5.41, 5.74) is 1.69. The molecule has 2 aromatic rings. The molecule has 0 saturated carbocycles. The number of hydrogen-bond acceptors (Lipinski definition) is 3. The largest absolute Gasteiger partial charge is 0.352 e. The number of rotatable bonds is 6. The van der Waals surface area contributed by atoms with E-state index in [-0.39, 0.29) is 21.4 Å². The molecular weight excluding hydrogens is 360 g/mol. The van der Waals surface area contributed by atoms with Gasteiger partial charge in [0.05, 0.1) is 5.02 Å². The van der Waals surface area contributed by atoms with Crippen molar-refractivity contribution in [1.29, 1.82) is 0 Å². The van der Waals surface area contributed by atoms with E-state index in [9.17, 15) is 13.2 Å². The molecule has 7 heteroatoms. The summed E-state index contributed by atoms with van der Waals surface area (Å²) in [6.45, 7) is 6.37. The molecule has 25 heavy (non-hydrogen) atoms. The molecule has 2 rings (SSSR count). The second kappa shape index (κ2) is 7.89. The van der Waals surface area contributed by atoms with E-state index in [4.69, 9.17) is 11.6 Å². The molecule has 1 amide bonds. The number of aryl methyl sites for hydroxylation is 1. The third-order valence-corrected chi connectivity index (χ3v) is 5.32. The summed E-state index contributed by atoms with van der Waals surface area (Å²) in [5.74, 6) is -0.0418. The molecule has 0 atom stereocenters. The Kier molecular flexibility index (Phi) is 6.08. The number of anilines is 1. The molecule has 134 valence electrons. The number of benzene rings is 2. The molecule has 0 bridgehead atoms. The number of hydrogen-bond donors (Lipinski definition) is 2. The van der Waals surface area contributed by atoms with Crippen molar-refractivity contribution in [3.05, 3.63) is 58.6 Å². The van der Waals surface area contributed by atoms with Crippen LogP contribution in [0.3, 0.4) is 0 Å². The van der Waals surface area contributed by atoms with E-state index < -0.39 is 10.0 Å². The van der Waals surface area contributed by atoms with Gasteiger partial charge < -0.3 is 5.32 Å². The van der Waals surface area contributed by atoms with E-state index in [0.29, 0.717) is 18.2 Å². The van der Waals surface area contributed by atoms with Gasteiger partial charge in [-0.2, -0.15) is 0 Å². The Hall–Kier alpha value is -2.05. The average Bonchev–Trinajstić information content (AvgIpc) is 2.54. The predicted octanol–water partition coefficient (Wildman–Crippen LogP) is 3.84. The van der Waals surface area contributed by atoms with Crippen molar-refractivity contribution in [2.24, 2.45) is 5.92 Å². The molecular formula is C18H21ClN2O3S. The lowest BCUT2D eigenvalue weighted by molar-refractivity contribution is 0.0949. The first-order valence-corrected chi connectivity index (χ1v) is 9.72. The van der Waals surface area contributed by atoms with Crippen LogP contribution in [-0.2, 0) is 10.0 Å². The molecule has 0 saturated heterocycles. The molecule has 0 spiro atoms. The van der Waals surface area contributed by atoms with Crippen LogP contribution in [0.5, 0.6) is 0 Å². The van der Waals surface area contributed by atoms with E-state index >= 15 is 0 Å². The maximum atomic E-state index is 12.6. The minimum Gasteiger partial charge on any atom is -0.352 e. The summed E-state index contributed by atoms with van der Waals surface area (Å²) in [6, 6.07) is 11.1. The second-order valence-electron chi connectivity index (χ2n) is 6.22. The van der Waals surface area contributed by atoms with Gasteiger partial charge in [-0.3, -0.25) is 9.52 Å². The lowest BCUT2D eigenvalue weighted by Crippen LogP contribution is -2.27. The minimum atomic E-state index is -3.91. The molecule has 0 radical (unpaired) electrons. The summed E-state index contributed by atoms with van der Waals surface area (Å²) in [7, 11) is -3.91. The van der Waals surface area contributed by atoms with Crippen LogP contribution in [0.2, 0.25) is 5.02 Å². The highest BCUT2D eigenvalue weighted by Gasteiger charge is 2.20. The zero-order valence-electron chi connectivity index (χ0n) is 14.3. The Morgan fingerprint density at radius 1 is 1.12 bits per heavy atom. The van der Waals surface area contributed by atoms with Crippen LogP contribution in [0.4, 0.5) is 5.69 Å². The van der Waals surface area contributed by atoms with Gasteiger partial charge in [-0.15, -0.1) is 0 Å². The van der Waals surface area contributed by atoms with Crippen molar-refractivity contribution in [3.63, 3.8) is 0 Å². The first-order valence-electron chi connectivity index (χ1n) is 7.86. The highest BCUT2D eigenvalue weighted by Crippen LogP contribution is 2.25. The van der Waals surface area contributed by atoms with Gasteiger partial charge >= 0.3 is 0 Å². The van der Waals surface area contributed by atoms with Crippen molar-refractivity contribution in [1.82, 2.24) is 5.32 Å². The van der Waals surface area contributed by atoms with Crippen molar-refractivity contribution < 1.29 is 13.2 Å². The van der Waals surface area contributed by atoms with Gasteiger partial charge in [0.2, 0.25) is 0 Å². The van der Waals surface area contributed by atoms with Gasteiger partial charge in [0.15, 0.2) is 0 Å². The number of sulfonamides is 1. The van der Waals surface area contributed by atoms with Gasteiger partial charge in [0, 0.05) is 17.8 Å². The van der Waals surface area contributed by atoms with Crippen LogP contribution in [0.15, 0.2) is 47.4 Å². The van der Waals surface area contributed by atoms with Crippen molar-refractivity contribution in [3.8, 4) is 0 Å². The normalized spacial score (nSPS) is 11.4. The third kappa shape index (κ3) is 5.21. The smallest absolute Gasteiger partial charge is 0.263 e. The van der Waals surface area contributed by atoms with Crippen LogP contribution in [0.25, 0.3) is 0 Å². The first kappa shape index (κ1) is 19.3. The Morgan fingerprint density at radius 2 is 1.76 bits per heavy atom. The standard InChI is InChI=1S/C18H21ClN2O3S/c1-12(2)11-20-18(22)14-6-9-16(19)17(10-14)25(23,24)21-15-7-4-13(3)5-8-15/h4-10,12,21H,11H2,1-3H3,(H,20,22). The van der Waals surface area contributed by atoms with Crippen LogP contribution < -0.4 is 10.0 Å². The molecule has 2 N–H and O–H groups in total. The summed E-state index contributed by atoms with van der Waals surface area (Å²) >= 11 is 6.05. The third-order valence-electron chi connectivity index (χ3n) is 3.46. The van der Waals surface area contributed by atoms with E-state index in [1.54, 1.807) is 24.3 Å². The highest BCUT2D eigenvalue weighted by molar-refractivity contribution is 7.92. The lowest BCUT2D eigenvalue weighted by atomic mass is 10.2. The molecule has 0 unspecified atom stereocenters. The second-order valence-corrected chi connectivity index (χ2v) is 8.28. The molecule has 0 aliphatic rings. The number of carbonyl (C=O) groups excluding carboxylic acids is 1. The van der Waals surface area contributed by atoms with Crippen molar-refractivity contribution in [2.75, 3.05) is 11.3 Å². The zero-order chi connectivity index (χ0) is 18.6. The van der Waals surface area contributed by atoms with E-state index in [2.05, 4.69) is 10.0 Å². The fraction of sp³-hybridized carbons (Fsp3) is 0.278. The van der Waals surface area contributed by atoms with E-state index in [0.717, 1.165) is 5.56 Å². The Balaban J connectivity index is 2.29. The zero-order valence-corrected chi connectivity index (χ0v) is 15.9. The van der Waals surface area contributed by atoms with Gasteiger partial charge in [0.25, 0.3) is 15.9 Å². The molecule has 0 fully saturated rings. The van der Waals surface area contributed by atoms with Gasteiger partial charge in [-0.25, -0.2) is 8.42 Å². The van der Waals surface area contributed by atoms with Gasteiger partial charge in [0.1, 0.15) is 4.90 Å². The fourth-order valence-corrected chi connectivity index (χ4v) is 3.67. The average molecular weight is 381 g/mol. The molecule has 2 aromatic carbocycles. The predicted molar refractivity (Wildman–Crippen MR) is 101 cm³/mol. The topological polar surface area (TPSA) is 75.3 Å². The van der Waals surface area contributed by atoms with Crippen molar-refractivity contribution >= 4 is 33.2 Å². The summed E-state index contributed by atoms with van der Waals surface area (Å²) in [6.07, 6.45) is 0. The molecule has 0 aliphatic carbocycles. The maximum absolute atomic E-state index is 12.6. The summed E-state index contributed by atoms with van der Waals surface area (Å²) < 4.78 is 27.7. The quantitative estimate of drug-likeness (QED) is 0.799. The van der Waals surface area contributed by atoms with Gasteiger partial charge in [-0.1, -0.05) is 43.1 Å².